The van der Waals surface area contributed by atoms with Gasteiger partial charge in [-0.1, -0.05) is 66.2 Å². The van der Waals surface area contributed by atoms with E-state index in [1.807, 2.05) is 0 Å². The zero-order valence-corrected chi connectivity index (χ0v) is 13.9. The first kappa shape index (κ1) is 17.0. The second-order valence-electron chi connectivity index (χ2n) is 6.65. The fraction of sp³-hybridized carbons (Fsp3) is 1.00. The van der Waals surface area contributed by atoms with Crippen LogP contribution >= 0.6 is 0 Å². The molecule has 19 heavy (non-hydrogen) atoms. The second kappa shape index (κ2) is 9.80. The quantitative estimate of drug-likeness (QED) is 0.590. The van der Waals surface area contributed by atoms with Crippen molar-refractivity contribution in [2.75, 3.05) is 6.54 Å². The van der Waals surface area contributed by atoms with Gasteiger partial charge >= 0.3 is 0 Å². The van der Waals surface area contributed by atoms with Gasteiger partial charge in [0, 0.05) is 6.04 Å². The summed E-state index contributed by atoms with van der Waals surface area (Å²) in [4.78, 5) is 0. The summed E-state index contributed by atoms with van der Waals surface area (Å²) in [5.41, 5.74) is 0. The third-order valence-electron chi connectivity index (χ3n) is 5.37. The Hall–Kier alpha value is -0.0400. The molecule has 1 saturated carbocycles. The van der Waals surface area contributed by atoms with Crippen LogP contribution in [0.4, 0.5) is 0 Å². The van der Waals surface area contributed by atoms with Crippen LogP contribution in [0.5, 0.6) is 0 Å². The Balaban J connectivity index is 2.43. The van der Waals surface area contributed by atoms with Gasteiger partial charge in [-0.2, -0.15) is 0 Å². The van der Waals surface area contributed by atoms with E-state index in [2.05, 4.69) is 33.0 Å². The van der Waals surface area contributed by atoms with Gasteiger partial charge in [0.2, 0.25) is 0 Å². The van der Waals surface area contributed by atoms with Crippen LogP contribution in [0.2, 0.25) is 0 Å². The molecule has 0 heterocycles. The largest absolute Gasteiger partial charge is 0.314 e. The number of nitrogens with one attached hydrogen (secondary N) is 1. The van der Waals surface area contributed by atoms with Gasteiger partial charge in [0.05, 0.1) is 0 Å². The minimum atomic E-state index is 0.789. The molecule has 0 spiro atoms. The zero-order valence-electron chi connectivity index (χ0n) is 13.9. The summed E-state index contributed by atoms with van der Waals surface area (Å²) in [5, 5.41) is 3.80. The number of hydrogen-bond donors (Lipinski definition) is 1. The molecule has 1 rings (SSSR count). The lowest BCUT2D eigenvalue weighted by molar-refractivity contribution is 0.192. The van der Waals surface area contributed by atoms with E-state index >= 15 is 0 Å². The Morgan fingerprint density at radius 1 is 0.947 bits per heavy atom. The van der Waals surface area contributed by atoms with Crippen LogP contribution in [0.1, 0.15) is 85.5 Å². The summed E-state index contributed by atoms with van der Waals surface area (Å²) in [6.07, 6.45) is 12.9. The lowest BCUT2D eigenvalue weighted by Crippen LogP contribution is -2.39. The fourth-order valence-electron chi connectivity index (χ4n) is 3.97. The van der Waals surface area contributed by atoms with Crippen LogP contribution in [0.15, 0.2) is 0 Å². The highest BCUT2D eigenvalue weighted by atomic mass is 14.9. The third-order valence-corrected chi connectivity index (χ3v) is 5.37. The van der Waals surface area contributed by atoms with Gasteiger partial charge in [-0.3, -0.25) is 0 Å². The first-order valence-electron chi connectivity index (χ1n) is 8.98. The minimum Gasteiger partial charge on any atom is -0.314 e. The molecular formula is C18H37N. The number of hydrogen-bond acceptors (Lipinski definition) is 1. The molecule has 1 heteroatoms. The summed E-state index contributed by atoms with van der Waals surface area (Å²) in [6, 6.07) is 0.789. The molecule has 1 aliphatic carbocycles. The molecule has 114 valence electrons. The highest BCUT2D eigenvalue weighted by Crippen LogP contribution is 2.35. The van der Waals surface area contributed by atoms with Crippen LogP contribution < -0.4 is 5.32 Å². The predicted molar refractivity (Wildman–Crippen MR) is 86.5 cm³/mol. The first-order valence-corrected chi connectivity index (χ1v) is 8.98. The normalized spacial score (nSPS) is 25.7. The molecule has 0 aromatic rings. The summed E-state index contributed by atoms with van der Waals surface area (Å²) in [5.74, 6) is 2.92. The SMILES string of the molecule is CCCC1CCC(C(CC(CC)CC)NCC)CC1. The van der Waals surface area contributed by atoms with Gasteiger partial charge in [0.15, 0.2) is 0 Å². The standard InChI is InChI=1S/C18H37N/c1-5-9-16-10-12-17(13-11-16)18(19-8-4)14-15(6-2)7-3/h15-19H,5-14H2,1-4H3. The van der Waals surface area contributed by atoms with Gasteiger partial charge in [-0.15, -0.1) is 0 Å². The smallest absolute Gasteiger partial charge is 0.00978 e. The van der Waals surface area contributed by atoms with E-state index in [4.69, 9.17) is 0 Å². The highest BCUT2D eigenvalue weighted by molar-refractivity contribution is 4.83. The van der Waals surface area contributed by atoms with E-state index in [1.165, 1.54) is 57.8 Å². The summed E-state index contributed by atoms with van der Waals surface area (Å²) in [6.45, 7) is 10.5. The van der Waals surface area contributed by atoms with Crippen molar-refractivity contribution in [2.45, 2.75) is 91.5 Å². The molecule has 0 amide bonds. The minimum absolute atomic E-state index is 0.789. The molecule has 1 atom stereocenters. The molecule has 0 saturated heterocycles. The lowest BCUT2D eigenvalue weighted by Gasteiger charge is -2.36. The van der Waals surface area contributed by atoms with Crippen molar-refractivity contribution in [3.63, 3.8) is 0 Å². The lowest BCUT2D eigenvalue weighted by atomic mass is 9.75. The van der Waals surface area contributed by atoms with Gasteiger partial charge in [-0.25, -0.2) is 0 Å². The second-order valence-corrected chi connectivity index (χ2v) is 6.65. The molecule has 1 unspecified atom stereocenters. The van der Waals surface area contributed by atoms with Crippen LogP contribution in [0, 0.1) is 17.8 Å². The molecule has 0 bridgehead atoms. The van der Waals surface area contributed by atoms with E-state index in [1.54, 1.807) is 0 Å². The highest BCUT2D eigenvalue weighted by Gasteiger charge is 2.27. The van der Waals surface area contributed by atoms with Gasteiger partial charge in [-0.05, 0) is 43.6 Å². The van der Waals surface area contributed by atoms with Crippen molar-refractivity contribution >= 4 is 0 Å². The van der Waals surface area contributed by atoms with Crippen LogP contribution in [0.25, 0.3) is 0 Å². The average Bonchev–Trinajstić information content (AvgIpc) is 2.45. The van der Waals surface area contributed by atoms with Crippen molar-refractivity contribution in [1.29, 1.82) is 0 Å². The van der Waals surface area contributed by atoms with Gasteiger partial charge in [0.25, 0.3) is 0 Å². The maximum Gasteiger partial charge on any atom is 0.00978 e. The van der Waals surface area contributed by atoms with E-state index in [9.17, 15) is 0 Å². The van der Waals surface area contributed by atoms with E-state index in [-0.39, 0.29) is 0 Å². The summed E-state index contributed by atoms with van der Waals surface area (Å²) >= 11 is 0. The topological polar surface area (TPSA) is 12.0 Å². The summed E-state index contributed by atoms with van der Waals surface area (Å²) in [7, 11) is 0. The monoisotopic (exact) mass is 267 g/mol. The molecule has 0 aliphatic heterocycles. The zero-order chi connectivity index (χ0) is 14.1. The molecule has 1 nitrogen and oxygen atoms in total. The van der Waals surface area contributed by atoms with Crippen LogP contribution in [-0.2, 0) is 0 Å². The van der Waals surface area contributed by atoms with Crippen LogP contribution in [0.3, 0.4) is 0 Å². The van der Waals surface area contributed by atoms with Crippen molar-refractivity contribution in [3.05, 3.63) is 0 Å². The molecule has 0 aromatic carbocycles. The van der Waals surface area contributed by atoms with Gasteiger partial charge < -0.3 is 5.32 Å². The molecule has 1 aliphatic rings. The predicted octanol–water partition coefficient (Wildman–Crippen LogP) is 5.40. The first-order chi connectivity index (χ1) is 9.24. The molecule has 1 fully saturated rings. The van der Waals surface area contributed by atoms with Crippen molar-refractivity contribution in [2.24, 2.45) is 17.8 Å². The Morgan fingerprint density at radius 2 is 1.58 bits per heavy atom. The Bertz CT molecular complexity index is 202. The maximum absolute atomic E-state index is 3.80. The van der Waals surface area contributed by atoms with Crippen molar-refractivity contribution in [1.82, 2.24) is 5.32 Å². The Kier molecular flexibility index (Phi) is 8.77. The molecule has 0 aromatic heterocycles. The van der Waals surface area contributed by atoms with E-state index in [0.29, 0.717) is 0 Å². The average molecular weight is 268 g/mol. The number of rotatable bonds is 9. The van der Waals surface area contributed by atoms with Crippen molar-refractivity contribution < 1.29 is 0 Å². The maximum atomic E-state index is 3.80. The summed E-state index contributed by atoms with van der Waals surface area (Å²) < 4.78 is 0. The Morgan fingerprint density at radius 3 is 2.05 bits per heavy atom. The third kappa shape index (κ3) is 5.85. The van der Waals surface area contributed by atoms with E-state index < -0.39 is 0 Å². The molecule has 1 N–H and O–H groups in total. The van der Waals surface area contributed by atoms with E-state index in [0.717, 1.165) is 30.3 Å². The molecule has 0 radical (unpaired) electrons. The van der Waals surface area contributed by atoms with Crippen molar-refractivity contribution in [3.8, 4) is 0 Å². The molecular weight excluding hydrogens is 230 g/mol. The van der Waals surface area contributed by atoms with Crippen LogP contribution in [-0.4, -0.2) is 12.6 Å². The Labute approximate surface area is 121 Å². The van der Waals surface area contributed by atoms with Gasteiger partial charge in [0.1, 0.15) is 0 Å². The fourth-order valence-corrected chi connectivity index (χ4v) is 3.97.